The Hall–Kier alpha value is -2.04. The average Bonchev–Trinajstić information content (AvgIpc) is 2.43. The van der Waals surface area contributed by atoms with Crippen molar-refractivity contribution in [1.29, 1.82) is 0 Å². The molecule has 0 saturated heterocycles. The third-order valence-corrected chi connectivity index (χ3v) is 3.32. The van der Waals surface area contributed by atoms with Gasteiger partial charge in [-0.3, -0.25) is 0 Å². The summed E-state index contributed by atoms with van der Waals surface area (Å²) in [4.78, 5) is 0. The zero-order chi connectivity index (χ0) is 14.7. The summed E-state index contributed by atoms with van der Waals surface area (Å²) in [6, 6.07) is 11.7. The van der Waals surface area contributed by atoms with Gasteiger partial charge in [-0.1, -0.05) is 29.8 Å². The Morgan fingerprint density at radius 2 is 1.75 bits per heavy atom. The molecule has 6 N–H and O–H groups in total. The molecule has 0 amide bonds. The van der Waals surface area contributed by atoms with Gasteiger partial charge in [0.05, 0.1) is 24.1 Å². The Labute approximate surface area is 118 Å². The van der Waals surface area contributed by atoms with E-state index < -0.39 is 6.10 Å². The fourth-order valence-electron chi connectivity index (χ4n) is 2.16. The molecule has 20 heavy (non-hydrogen) atoms. The zero-order valence-electron chi connectivity index (χ0n) is 11.5. The summed E-state index contributed by atoms with van der Waals surface area (Å²) in [5.74, 6) is 0. The third-order valence-electron chi connectivity index (χ3n) is 3.32. The number of aliphatic hydroxyl groups excluding tert-OH is 2. The first-order valence-electron chi connectivity index (χ1n) is 6.55. The van der Waals surface area contributed by atoms with E-state index in [1.165, 1.54) is 5.56 Å². The predicted octanol–water partition coefficient (Wildman–Crippen LogP) is 1.72. The molecule has 0 aliphatic carbocycles. The van der Waals surface area contributed by atoms with E-state index in [1.807, 2.05) is 37.3 Å². The molecule has 4 nitrogen and oxygen atoms in total. The van der Waals surface area contributed by atoms with Gasteiger partial charge in [-0.25, -0.2) is 0 Å². The largest absolute Gasteiger partial charge is 0.397 e. The van der Waals surface area contributed by atoms with Crippen molar-refractivity contribution in [3.63, 3.8) is 0 Å². The number of benzene rings is 2. The van der Waals surface area contributed by atoms with Crippen molar-refractivity contribution in [2.45, 2.75) is 19.4 Å². The molecule has 0 bridgehead atoms. The molecule has 1 unspecified atom stereocenters. The van der Waals surface area contributed by atoms with Gasteiger partial charge in [0.15, 0.2) is 0 Å². The van der Waals surface area contributed by atoms with Crippen molar-refractivity contribution in [1.82, 2.24) is 0 Å². The van der Waals surface area contributed by atoms with Gasteiger partial charge in [0, 0.05) is 12.0 Å². The van der Waals surface area contributed by atoms with Gasteiger partial charge in [0.2, 0.25) is 0 Å². The monoisotopic (exact) mass is 272 g/mol. The Morgan fingerprint density at radius 3 is 2.35 bits per heavy atom. The number of aryl methyl sites for hydroxylation is 1. The van der Waals surface area contributed by atoms with Crippen molar-refractivity contribution in [3.05, 3.63) is 47.5 Å². The summed E-state index contributed by atoms with van der Waals surface area (Å²) in [7, 11) is 0. The summed E-state index contributed by atoms with van der Waals surface area (Å²) in [6.07, 6.45) is -0.441. The second-order valence-corrected chi connectivity index (χ2v) is 5.05. The summed E-state index contributed by atoms with van der Waals surface area (Å²) >= 11 is 0. The molecule has 0 fully saturated rings. The third kappa shape index (κ3) is 3.10. The number of hydrogen-bond acceptors (Lipinski definition) is 4. The van der Waals surface area contributed by atoms with Crippen LogP contribution in [0.15, 0.2) is 36.4 Å². The van der Waals surface area contributed by atoms with Crippen LogP contribution in [-0.4, -0.2) is 22.9 Å². The number of nitrogen functional groups attached to an aromatic ring is 2. The van der Waals surface area contributed by atoms with Gasteiger partial charge < -0.3 is 21.7 Å². The maximum atomic E-state index is 9.55. The van der Waals surface area contributed by atoms with Crippen LogP contribution in [0.25, 0.3) is 11.1 Å². The maximum absolute atomic E-state index is 9.55. The lowest BCUT2D eigenvalue weighted by Crippen LogP contribution is -2.15. The maximum Gasteiger partial charge on any atom is 0.0811 e. The van der Waals surface area contributed by atoms with Crippen molar-refractivity contribution in [2.24, 2.45) is 0 Å². The van der Waals surface area contributed by atoms with Gasteiger partial charge in [0.1, 0.15) is 0 Å². The summed E-state index contributed by atoms with van der Waals surface area (Å²) in [5, 5.41) is 18.5. The minimum atomic E-state index is -0.788. The molecule has 0 aromatic heterocycles. The molecule has 0 aliphatic rings. The van der Waals surface area contributed by atoms with E-state index in [4.69, 9.17) is 16.6 Å². The molecule has 0 heterocycles. The Bertz CT molecular complexity index is 594. The molecule has 0 saturated carbocycles. The highest BCUT2D eigenvalue weighted by Crippen LogP contribution is 2.32. The van der Waals surface area contributed by atoms with E-state index in [-0.39, 0.29) is 6.61 Å². The molecule has 0 spiro atoms. The quantitative estimate of drug-likeness (QED) is 0.638. The van der Waals surface area contributed by atoms with Gasteiger partial charge in [-0.2, -0.15) is 0 Å². The smallest absolute Gasteiger partial charge is 0.0811 e. The molecule has 2 aromatic rings. The Morgan fingerprint density at radius 1 is 1.10 bits per heavy atom. The first-order chi connectivity index (χ1) is 9.51. The molecule has 1 atom stereocenters. The predicted molar refractivity (Wildman–Crippen MR) is 82.2 cm³/mol. The van der Waals surface area contributed by atoms with E-state index in [1.54, 1.807) is 6.07 Å². The Balaban J connectivity index is 2.43. The van der Waals surface area contributed by atoms with Crippen LogP contribution in [0.1, 0.15) is 11.1 Å². The zero-order valence-corrected chi connectivity index (χ0v) is 11.5. The minimum Gasteiger partial charge on any atom is -0.397 e. The fraction of sp³-hybridized carbons (Fsp3) is 0.250. The number of anilines is 2. The highest BCUT2D eigenvalue weighted by atomic mass is 16.3. The molecule has 4 heteroatoms. The Kier molecular flexibility index (Phi) is 4.27. The second kappa shape index (κ2) is 5.94. The van der Waals surface area contributed by atoms with E-state index in [0.717, 1.165) is 16.7 Å². The number of nitrogens with two attached hydrogens (primary N) is 2. The number of aliphatic hydroxyl groups is 2. The molecule has 106 valence electrons. The van der Waals surface area contributed by atoms with Crippen LogP contribution in [0.2, 0.25) is 0 Å². The molecule has 0 radical (unpaired) electrons. The molecular weight excluding hydrogens is 252 g/mol. The van der Waals surface area contributed by atoms with Gasteiger partial charge >= 0.3 is 0 Å². The number of rotatable bonds is 4. The lowest BCUT2D eigenvalue weighted by Gasteiger charge is -2.14. The van der Waals surface area contributed by atoms with Crippen LogP contribution >= 0.6 is 0 Å². The van der Waals surface area contributed by atoms with E-state index in [9.17, 15) is 5.11 Å². The van der Waals surface area contributed by atoms with Crippen LogP contribution in [0.4, 0.5) is 11.4 Å². The van der Waals surface area contributed by atoms with Crippen molar-refractivity contribution in [3.8, 4) is 11.1 Å². The van der Waals surface area contributed by atoms with E-state index in [0.29, 0.717) is 17.8 Å². The SMILES string of the molecule is Cc1ccc(-c2cc(CC(O)CO)cc(N)c2N)cc1. The lowest BCUT2D eigenvalue weighted by atomic mass is 9.97. The van der Waals surface area contributed by atoms with Crippen LogP contribution in [0.3, 0.4) is 0 Å². The van der Waals surface area contributed by atoms with Crippen LogP contribution in [0.5, 0.6) is 0 Å². The van der Waals surface area contributed by atoms with Crippen molar-refractivity contribution >= 4 is 11.4 Å². The highest BCUT2D eigenvalue weighted by molar-refractivity contribution is 5.85. The highest BCUT2D eigenvalue weighted by Gasteiger charge is 2.11. The fourth-order valence-corrected chi connectivity index (χ4v) is 2.16. The normalized spacial score (nSPS) is 12.3. The first-order valence-corrected chi connectivity index (χ1v) is 6.55. The van der Waals surface area contributed by atoms with Crippen molar-refractivity contribution < 1.29 is 10.2 Å². The van der Waals surface area contributed by atoms with E-state index in [2.05, 4.69) is 0 Å². The minimum absolute atomic E-state index is 0.274. The average molecular weight is 272 g/mol. The first kappa shape index (κ1) is 14.4. The van der Waals surface area contributed by atoms with Crippen molar-refractivity contribution in [2.75, 3.05) is 18.1 Å². The lowest BCUT2D eigenvalue weighted by molar-refractivity contribution is 0.0955. The standard InChI is InChI=1S/C16H20N2O2/c1-10-2-4-12(5-3-10)14-7-11(6-13(20)9-19)8-15(17)16(14)18/h2-5,7-8,13,19-20H,6,9,17-18H2,1H3. The van der Waals surface area contributed by atoms with Crippen LogP contribution in [0, 0.1) is 6.92 Å². The second-order valence-electron chi connectivity index (χ2n) is 5.05. The van der Waals surface area contributed by atoms with Gasteiger partial charge in [-0.15, -0.1) is 0 Å². The van der Waals surface area contributed by atoms with Crippen LogP contribution in [-0.2, 0) is 6.42 Å². The van der Waals surface area contributed by atoms with Gasteiger partial charge in [0.25, 0.3) is 0 Å². The summed E-state index contributed by atoms with van der Waals surface area (Å²) in [6.45, 7) is 1.75. The van der Waals surface area contributed by atoms with E-state index >= 15 is 0 Å². The summed E-state index contributed by atoms with van der Waals surface area (Å²) < 4.78 is 0. The molecule has 2 rings (SSSR count). The molecular formula is C16H20N2O2. The van der Waals surface area contributed by atoms with Gasteiger partial charge in [-0.05, 0) is 30.2 Å². The molecule has 2 aromatic carbocycles. The van der Waals surface area contributed by atoms with Crippen LogP contribution < -0.4 is 11.5 Å². The number of hydrogen-bond donors (Lipinski definition) is 4. The molecule has 0 aliphatic heterocycles. The topological polar surface area (TPSA) is 92.5 Å². The summed E-state index contributed by atoms with van der Waals surface area (Å²) in [5.41, 5.74) is 16.9.